The fraction of sp³-hybridized carbons (Fsp3) is 0.0833. The Labute approximate surface area is 108 Å². The standard InChI is InChI=1S/C12H9N3O2S/c13-7-9-2-1-3-10(6-9)15-5-4-14-12(15)18-8-11(16)17/h1-6H,8H2,(H,16,17). The van der Waals surface area contributed by atoms with E-state index in [9.17, 15) is 4.79 Å². The number of aromatic nitrogens is 2. The molecule has 2 rings (SSSR count). The van der Waals surface area contributed by atoms with Crippen molar-refractivity contribution in [3.05, 3.63) is 42.2 Å². The van der Waals surface area contributed by atoms with E-state index in [2.05, 4.69) is 11.1 Å². The van der Waals surface area contributed by atoms with Crippen molar-refractivity contribution >= 4 is 17.7 Å². The van der Waals surface area contributed by atoms with Crippen LogP contribution in [0.3, 0.4) is 0 Å². The molecule has 0 spiro atoms. The van der Waals surface area contributed by atoms with Crippen molar-refractivity contribution in [1.29, 1.82) is 5.26 Å². The van der Waals surface area contributed by atoms with E-state index in [1.807, 2.05) is 6.07 Å². The molecule has 0 aliphatic carbocycles. The van der Waals surface area contributed by atoms with Crippen molar-refractivity contribution in [3.63, 3.8) is 0 Å². The van der Waals surface area contributed by atoms with Crippen LogP contribution < -0.4 is 0 Å². The Morgan fingerprint density at radius 1 is 1.56 bits per heavy atom. The lowest BCUT2D eigenvalue weighted by Crippen LogP contribution is -2.01. The number of hydrogen-bond donors (Lipinski definition) is 1. The summed E-state index contributed by atoms with van der Waals surface area (Å²) in [5.41, 5.74) is 1.34. The molecule has 0 amide bonds. The smallest absolute Gasteiger partial charge is 0.313 e. The van der Waals surface area contributed by atoms with E-state index < -0.39 is 5.97 Å². The Morgan fingerprint density at radius 3 is 3.11 bits per heavy atom. The average Bonchev–Trinajstić information content (AvgIpc) is 2.84. The number of nitriles is 1. The van der Waals surface area contributed by atoms with Crippen molar-refractivity contribution in [2.24, 2.45) is 0 Å². The normalized spacial score (nSPS) is 9.94. The minimum atomic E-state index is -0.889. The minimum absolute atomic E-state index is 0.0467. The predicted molar refractivity (Wildman–Crippen MR) is 66.6 cm³/mol. The fourth-order valence-corrected chi connectivity index (χ4v) is 2.14. The molecule has 5 nitrogen and oxygen atoms in total. The van der Waals surface area contributed by atoms with Crippen LogP contribution in [0.4, 0.5) is 0 Å². The molecule has 0 unspecified atom stereocenters. The summed E-state index contributed by atoms with van der Waals surface area (Å²) in [5, 5.41) is 18.1. The Balaban J connectivity index is 2.30. The van der Waals surface area contributed by atoms with Gasteiger partial charge in [-0.15, -0.1) is 0 Å². The molecule has 90 valence electrons. The van der Waals surface area contributed by atoms with E-state index in [0.717, 1.165) is 17.4 Å². The SMILES string of the molecule is N#Cc1cccc(-n2ccnc2SCC(=O)O)c1. The van der Waals surface area contributed by atoms with Crippen LogP contribution in [-0.4, -0.2) is 26.4 Å². The molecule has 6 heteroatoms. The van der Waals surface area contributed by atoms with Gasteiger partial charge in [-0.25, -0.2) is 4.98 Å². The second-order valence-corrected chi connectivity index (χ2v) is 4.37. The van der Waals surface area contributed by atoms with E-state index in [1.165, 1.54) is 0 Å². The molecule has 1 N–H and O–H groups in total. The van der Waals surface area contributed by atoms with Crippen LogP contribution in [-0.2, 0) is 4.79 Å². The molecule has 0 saturated heterocycles. The number of imidazole rings is 1. The third kappa shape index (κ3) is 2.70. The van der Waals surface area contributed by atoms with E-state index >= 15 is 0 Å². The van der Waals surface area contributed by atoms with Gasteiger partial charge < -0.3 is 5.11 Å². The van der Waals surface area contributed by atoms with Gasteiger partial charge in [-0.05, 0) is 18.2 Å². The van der Waals surface area contributed by atoms with Gasteiger partial charge >= 0.3 is 5.97 Å². The molecule has 0 atom stereocenters. The van der Waals surface area contributed by atoms with Gasteiger partial charge in [0.25, 0.3) is 0 Å². The molecule has 1 aromatic carbocycles. The van der Waals surface area contributed by atoms with Gasteiger partial charge in [0.1, 0.15) is 0 Å². The van der Waals surface area contributed by atoms with Crippen molar-refractivity contribution in [3.8, 4) is 11.8 Å². The average molecular weight is 259 g/mol. The first-order chi connectivity index (χ1) is 8.70. The highest BCUT2D eigenvalue weighted by atomic mass is 32.2. The number of hydrogen-bond acceptors (Lipinski definition) is 4. The summed E-state index contributed by atoms with van der Waals surface area (Å²) in [6, 6.07) is 9.12. The molecule has 1 aromatic heterocycles. The van der Waals surface area contributed by atoms with Crippen LogP contribution in [0.5, 0.6) is 0 Å². The van der Waals surface area contributed by atoms with Gasteiger partial charge in [-0.2, -0.15) is 5.26 Å². The van der Waals surface area contributed by atoms with E-state index in [4.69, 9.17) is 10.4 Å². The van der Waals surface area contributed by atoms with Crippen LogP contribution in [0.1, 0.15) is 5.56 Å². The maximum atomic E-state index is 10.5. The first-order valence-corrected chi connectivity index (χ1v) is 6.08. The number of carboxylic acids is 1. The van der Waals surface area contributed by atoms with Gasteiger partial charge in [-0.1, -0.05) is 17.8 Å². The molecule has 1 heterocycles. The Kier molecular flexibility index (Phi) is 3.65. The summed E-state index contributed by atoms with van der Waals surface area (Å²) in [6.07, 6.45) is 3.34. The third-order valence-electron chi connectivity index (χ3n) is 2.18. The molecule has 0 aliphatic rings. The lowest BCUT2D eigenvalue weighted by molar-refractivity contribution is -0.133. The maximum absolute atomic E-state index is 10.5. The maximum Gasteiger partial charge on any atom is 0.313 e. The number of rotatable bonds is 4. The summed E-state index contributed by atoms with van der Waals surface area (Å²) in [7, 11) is 0. The lowest BCUT2D eigenvalue weighted by atomic mass is 10.2. The molecule has 2 aromatic rings. The molecule has 0 radical (unpaired) electrons. The topological polar surface area (TPSA) is 78.9 Å². The zero-order valence-corrected chi connectivity index (χ0v) is 10.1. The zero-order chi connectivity index (χ0) is 13.0. The summed E-state index contributed by atoms with van der Waals surface area (Å²) >= 11 is 1.14. The first-order valence-electron chi connectivity index (χ1n) is 5.09. The highest BCUT2D eigenvalue weighted by Crippen LogP contribution is 2.20. The number of carboxylic acid groups (broad SMARTS) is 1. The van der Waals surface area contributed by atoms with E-state index in [-0.39, 0.29) is 5.75 Å². The number of nitrogens with zero attached hydrogens (tertiary/aromatic N) is 3. The van der Waals surface area contributed by atoms with Crippen LogP contribution in [0.15, 0.2) is 41.8 Å². The fourth-order valence-electron chi connectivity index (χ4n) is 1.44. The quantitative estimate of drug-likeness (QED) is 0.848. The van der Waals surface area contributed by atoms with Gasteiger partial charge in [0.05, 0.1) is 17.4 Å². The second kappa shape index (κ2) is 5.38. The second-order valence-electron chi connectivity index (χ2n) is 3.42. The van der Waals surface area contributed by atoms with Crippen molar-refractivity contribution in [1.82, 2.24) is 9.55 Å². The van der Waals surface area contributed by atoms with Gasteiger partial charge in [0.15, 0.2) is 5.16 Å². The summed E-state index contributed by atoms with van der Waals surface area (Å²) in [4.78, 5) is 14.6. The van der Waals surface area contributed by atoms with Crippen molar-refractivity contribution < 1.29 is 9.90 Å². The Hall–Kier alpha value is -2.26. The molecule has 0 aliphatic heterocycles. The van der Waals surface area contributed by atoms with Crippen molar-refractivity contribution in [2.75, 3.05) is 5.75 Å². The monoisotopic (exact) mass is 259 g/mol. The van der Waals surface area contributed by atoms with Gasteiger partial charge in [0.2, 0.25) is 0 Å². The van der Waals surface area contributed by atoms with Crippen LogP contribution in [0.25, 0.3) is 5.69 Å². The molecule has 0 fully saturated rings. The molecule has 0 saturated carbocycles. The lowest BCUT2D eigenvalue weighted by Gasteiger charge is -2.06. The predicted octanol–water partition coefficient (Wildman–Crippen LogP) is 1.92. The highest BCUT2D eigenvalue weighted by molar-refractivity contribution is 7.99. The molecule has 0 bridgehead atoms. The van der Waals surface area contributed by atoms with Crippen LogP contribution in [0, 0.1) is 11.3 Å². The minimum Gasteiger partial charge on any atom is -0.481 e. The number of benzene rings is 1. The Bertz CT molecular complexity index is 616. The third-order valence-corrected chi connectivity index (χ3v) is 3.14. The Morgan fingerprint density at radius 2 is 2.39 bits per heavy atom. The van der Waals surface area contributed by atoms with Crippen molar-refractivity contribution in [2.45, 2.75) is 5.16 Å². The number of aliphatic carboxylic acids is 1. The largest absolute Gasteiger partial charge is 0.481 e. The van der Waals surface area contributed by atoms with Crippen LogP contribution in [0.2, 0.25) is 0 Å². The number of thioether (sulfide) groups is 1. The zero-order valence-electron chi connectivity index (χ0n) is 9.28. The summed E-state index contributed by atoms with van der Waals surface area (Å²) < 4.78 is 1.76. The highest BCUT2D eigenvalue weighted by Gasteiger charge is 2.08. The van der Waals surface area contributed by atoms with E-state index in [0.29, 0.717) is 10.7 Å². The molecular formula is C12H9N3O2S. The summed E-state index contributed by atoms with van der Waals surface area (Å²) in [5.74, 6) is -0.935. The van der Waals surface area contributed by atoms with Gasteiger partial charge in [-0.3, -0.25) is 9.36 Å². The van der Waals surface area contributed by atoms with Crippen LogP contribution >= 0.6 is 11.8 Å². The molecular weight excluding hydrogens is 250 g/mol. The summed E-state index contributed by atoms with van der Waals surface area (Å²) in [6.45, 7) is 0. The molecule has 18 heavy (non-hydrogen) atoms. The number of carbonyl (C=O) groups is 1. The van der Waals surface area contributed by atoms with Gasteiger partial charge in [0, 0.05) is 18.1 Å². The van der Waals surface area contributed by atoms with E-state index in [1.54, 1.807) is 35.2 Å². The first kappa shape index (κ1) is 12.2.